The first-order chi connectivity index (χ1) is 11.5. The van der Waals surface area contributed by atoms with Crippen molar-refractivity contribution in [2.24, 2.45) is 0 Å². The van der Waals surface area contributed by atoms with Gasteiger partial charge in [0.1, 0.15) is 12.4 Å². The van der Waals surface area contributed by atoms with Crippen molar-refractivity contribution in [2.75, 3.05) is 6.54 Å². The average molecular weight is 333 g/mol. The maximum Gasteiger partial charge on any atom is 0.303 e. The molecule has 1 aromatic carbocycles. The zero-order valence-corrected chi connectivity index (χ0v) is 12.7. The van der Waals surface area contributed by atoms with E-state index in [9.17, 15) is 18.8 Å². The van der Waals surface area contributed by atoms with Crippen LogP contribution in [0.2, 0.25) is 0 Å². The summed E-state index contributed by atoms with van der Waals surface area (Å²) in [7, 11) is 0. The molecule has 24 heavy (non-hydrogen) atoms. The summed E-state index contributed by atoms with van der Waals surface area (Å²) in [4.78, 5) is 34.0. The lowest BCUT2D eigenvalue weighted by Gasteiger charge is -2.08. The summed E-state index contributed by atoms with van der Waals surface area (Å²) in [6.07, 6.45) is 0.261. The second-order valence-corrected chi connectivity index (χ2v) is 5.07. The van der Waals surface area contributed by atoms with Crippen LogP contribution in [0.15, 0.2) is 41.2 Å². The first-order valence-electron chi connectivity index (χ1n) is 7.28. The standard InChI is InChI=1S/C16H16FN3O4/c17-12-5-3-11(4-6-12)13-7-8-15(22)20(19-13)10-14(21)18-9-1-2-16(23)24/h3-8H,1-2,9-10H2,(H,18,21)(H,23,24). The molecular formula is C16H16FN3O4. The minimum atomic E-state index is -0.936. The van der Waals surface area contributed by atoms with Crippen molar-refractivity contribution in [1.82, 2.24) is 15.1 Å². The number of halogens is 1. The molecule has 0 unspecified atom stereocenters. The van der Waals surface area contributed by atoms with Gasteiger partial charge in [-0.15, -0.1) is 0 Å². The number of nitrogens with zero attached hydrogens (tertiary/aromatic N) is 2. The summed E-state index contributed by atoms with van der Waals surface area (Å²) in [5, 5.41) is 15.1. The van der Waals surface area contributed by atoms with Crippen LogP contribution in [0.5, 0.6) is 0 Å². The molecule has 0 aliphatic carbocycles. The number of hydrogen-bond donors (Lipinski definition) is 2. The van der Waals surface area contributed by atoms with Crippen LogP contribution in [0.4, 0.5) is 4.39 Å². The van der Waals surface area contributed by atoms with Gasteiger partial charge in [-0.2, -0.15) is 5.10 Å². The van der Waals surface area contributed by atoms with Gasteiger partial charge >= 0.3 is 5.97 Å². The van der Waals surface area contributed by atoms with Crippen LogP contribution in [0.25, 0.3) is 11.3 Å². The number of benzene rings is 1. The third-order valence-corrected chi connectivity index (χ3v) is 3.19. The Kier molecular flexibility index (Phi) is 5.78. The van der Waals surface area contributed by atoms with Gasteiger partial charge < -0.3 is 10.4 Å². The third kappa shape index (κ3) is 5.01. The topological polar surface area (TPSA) is 101 Å². The van der Waals surface area contributed by atoms with Crippen LogP contribution in [0, 0.1) is 5.82 Å². The van der Waals surface area contributed by atoms with Gasteiger partial charge in [0.25, 0.3) is 5.56 Å². The Morgan fingerprint density at radius 3 is 2.54 bits per heavy atom. The van der Waals surface area contributed by atoms with Crippen molar-refractivity contribution in [3.8, 4) is 11.3 Å². The molecule has 7 nitrogen and oxygen atoms in total. The van der Waals surface area contributed by atoms with E-state index in [1.807, 2.05) is 0 Å². The van der Waals surface area contributed by atoms with Crippen LogP contribution in [-0.4, -0.2) is 33.3 Å². The van der Waals surface area contributed by atoms with Crippen molar-refractivity contribution in [3.63, 3.8) is 0 Å². The molecule has 2 rings (SSSR count). The lowest BCUT2D eigenvalue weighted by atomic mass is 10.1. The Labute approximate surface area is 136 Å². The molecule has 0 spiro atoms. The van der Waals surface area contributed by atoms with E-state index < -0.39 is 17.4 Å². The highest BCUT2D eigenvalue weighted by molar-refractivity contribution is 5.75. The van der Waals surface area contributed by atoms with Crippen LogP contribution in [0.3, 0.4) is 0 Å². The van der Waals surface area contributed by atoms with E-state index in [0.29, 0.717) is 17.7 Å². The lowest BCUT2D eigenvalue weighted by molar-refractivity contribution is -0.137. The SMILES string of the molecule is O=C(O)CCCNC(=O)Cn1nc(-c2ccc(F)cc2)ccc1=O. The van der Waals surface area contributed by atoms with Gasteiger partial charge in [-0.25, -0.2) is 9.07 Å². The molecule has 0 saturated heterocycles. The van der Waals surface area contributed by atoms with E-state index in [0.717, 1.165) is 4.68 Å². The normalized spacial score (nSPS) is 10.4. The monoisotopic (exact) mass is 333 g/mol. The average Bonchev–Trinajstić information content (AvgIpc) is 2.54. The highest BCUT2D eigenvalue weighted by Crippen LogP contribution is 2.15. The fourth-order valence-electron chi connectivity index (χ4n) is 2.00. The molecule has 0 radical (unpaired) electrons. The molecule has 0 fully saturated rings. The van der Waals surface area contributed by atoms with Gasteiger partial charge in [0.2, 0.25) is 5.91 Å². The van der Waals surface area contributed by atoms with Gasteiger partial charge in [0, 0.05) is 24.6 Å². The minimum absolute atomic E-state index is 0.0431. The lowest BCUT2D eigenvalue weighted by Crippen LogP contribution is -2.34. The number of carbonyl (C=O) groups excluding carboxylic acids is 1. The van der Waals surface area contributed by atoms with E-state index in [2.05, 4.69) is 10.4 Å². The number of rotatable bonds is 7. The van der Waals surface area contributed by atoms with Gasteiger partial charge in [0.15, 0.2) is 0 Å². The van der Waals surface area contributed by atoms with E-state index in [4.69, 9.17) is 5.11 Å². The smallest absolute Gasteiger partial charge is 0.303 e. The fourth-order valence-corrected chi connectivity index (χ4v) is 2.00. The molecule has 1 amide bonds. The second kappa shape index (κ2) is 8.00. The predicted molar refractivity (Wildman–Crippen MR) is 83.8 cm³/mol. The maximum absolute atomic E-state index is 13.0. The van der Waals surface area contributed by atoms with E-state index in [1.165, 1.54) is 36.4 Å². The molecule has 126 valence electrons. The van der Waals surface area contributed by atoms with Crippen LogP contribution in [0.1, 0.15) is 12.8 Å². The van der Waals surface area contributed by atoms with Gasteiger partial charge in [-0.1, -0.05) is 0 Å². The second-order valence-electron chi connectivity index (χ2n) is 5.07. The van der Waals surface area contributed by atoms with E-state index >= 15 is 0 Å². The van der Waals surface area contributed by atoms with E-state index in [-0.39, 0.29) is 25.3 Å². The molecule has 0 bridgehead atoms. The Morgan fingerprint density at radius 2 is 1.88 bits per heavy atom. The molecule has 0 atom stereocenters. The summed E-state index contributed by atoms with van der Waals surface area (Å²) < 4.78 is 14.0. The van der Waals surface area contributed by atoms with Crippen molar-refractivity contribution < 1.29 is 19.1 Å². The summed E-state index contributed by atoms with van der Waals surface area (Å²) in [6.45, 7) is -0.0710. The molecule has 1 aromatic heterocycles. The summed E-state index contributed by atoms with van der Waals surface area (Å²) in [5.74, 6) is -1.76. The predicted octanol–water partition coefficient (Wildman–Crippen LogP) is 1.03. The van der Waals surface area contributed by atoms with Crippen LogP contribution >= 0.6 is 0 Å². The van der Waals surface area contributed by atoms with Crippen LogP contribution in [-0.2, 0) is 16.1 Å². The minimum Gasteiger partial charge on any atom is -0.481 e. The highest BCUT2D eigenvalue weighted by atomic mass is 19.1. The number of aromatic nitrogens is 2. The third-order valence-electron chi connectivity index (χ3n) is 3.19. The van der Waals surface area contributed by atoms with Gasteiger partial charge in [0.05, 0.1) is 5.69 Å². The molecule has 2 N–H and O–H groups in total. The number of carbonyl (C=O) groups is 2. The molecule has 2 aromatic rings. The Balaban J connectivity index is 2.03. The molecule has 0 aliphatic rings. The number of hydrogen-bond acceptors (Lipinski definition) is 4. The number of carboxylic acid groups (broad SMARTS) is 1. The fraction of sp³-hybridized carbons (Fsp3) is 0.250. The highest BCUT2D eigenvalue weighted by Gasteiger charge is 2.08. The maximum atomic E-state index is 13.0. The number of amides is 1. The summed E-state index contributed by atoms with van der Waals surface area (Å²) in [6, 6.07) is 8.39. The molecule has 0 saturated carbocycles. The van der Waals surface area contributed by atoms with Crippen molar-refractivity contribution in [3.05, 3.63) is 52.6 Å². The zero-order valence-electron chi connectivity index (χ0n) is 12.7. The molecule has 1 heterocycles. The number of nitrogens with one attached hydrogen (secondary N) is 1. The Morgan fingerprint density at radius 1 is 1.17 bits per heavy atom. The first kappa shape index (κ1) is 17.3. The molecule has 8 heteroatoms. The zero-order chi connectivity index (χ0) is 17.5. The first-order valence-corrected chi connectivity index (χ1v) is 7.28. The van der Waals surface area contributed by atoms with E-state index in [1.54, 1.807) is 0 Å². The van der Waals surface area contributed by atoms with Crippen molar-refractivity contribution in [1.29, 1.82) is 0 Å². The van der Waals surface area contributed by atoms with Crippen molar-refractivity contribution >= 4 is 11.9 Å². The number of carboxylic acids is 1. The van der Waals surface area contributed by atoms with Gasteiger partial charge in [-0.05, 0) is 36.8 Å². The number of aliphatic carboxylic acids is 1. The summed E-state index contributed by atoms with van der Waals surface area (Å²) >= 11 is 0. The quantitative estimate of drug-likeness (QED) is 0.737. The molecular weight excluding hydrogens is 317 g/mol. The Bertz CT molecular complexity index is 787. The largest absolute Gasteiger partial charge is 0.481 e. The van der Waals surface area contributed by atoms with Crippen molar-refractivity contribution in [2.45, 2.75) is 19.4 Å². The summed E-state index contributed by atoms with van der Waals surface area (Å²) in [5.41, 5.74) is 0.613. The Hall–Kier alpha value is -3.03. The van der Waals surface area contributed by atoms with Gasteiger partial charge in [-0.3, -0.25) is 14.4 Å². The van der Waals surface area contributed by atoms with Crippen LogP contribution < -0.4 is 10.9 Å². The molecule has 0 aliphatic heterocycles.